The van der Waals surface area contributed by atoms with E-state index >= 15 is 0 Å². The molecule has 9 nitrogen and oxygen atoms in total. The maximum atomic E-state index is 12.8. The normalized spacial score (nSPS) is 16.4. The van der Waals surface area contributed by atoms with Gasteiger partial charge in [0.1, 0.15) is 17.2 Å². The van der Waals surface area contributed by atoms with E-state index in [0.29, 0.717) is 18.8 Å². The largest absolute Gasteiger partial charge is 0.481 e. The predicted octanol–water partition coefficient (Wildman–Crippen LogP) is 3.87. The minimum atomic E-state index is -0.0917. The number of pyridine rings is 1. The second-order valence-electron chi connectivity index (χ2n) is 11.0. The minimum absolute atomic E-state index is 0.0479. The Balaban J connectivity index is 1.17. The van der Waals surface area contributed by atoms with Crippen molar-refractivity contribution in [2.24, 2.45) is 5.92 Å². The Morgan fingerprint density at radius 3 is 2.63 bits per heavy atom. The predicted molar refractivity (Wildman–Crippen MR) is 158 cm³/mol. The number of anilines is 1. The molecule has 2 aromatic carbocycles. The highest BCUT2D eigenvalue weighted by molar-refractivity contribution is 5.96. The van der Waals surface area contributed by atoms with Crippen LogP contribution in [0.3, 0.4) is 0 Å². The smallest absolute Gasteiger partial charge is 0.260 e. The Labute approximate surface area is 240 Å². The number of likely N-dealkylation sites (tertiary alicyclic amines) is 1. The average molecular weight is 553 g/mol. The topological polar surface area (TPSA) is 83.8 Å². The molecular formula is C32H36N6O3. The lowest BCUT2D eigenvalue weighted by atomic mass is 9.96. The van der Waals surface area contributed by atoms with Crippen molar-refractivity contribution in [1.82, 2.24) is 24.6 Å². The van der Waals surface area contributed by atoms with Crippen LogP contribution in [-0.4, -0.2) is 82.1 Å². The van der Waals surface area contributed by atoms with Crippen LogP contribution in [-0.2, 0) is 16.1 Å². The second-order valence-corrected chi connectivity index (χ2v) is 11.0. The summed E-state index contributed by atoms with van der Waals surface area (Å²) in [5.74, 6) is 0.705. The van der Waals surface area contributed by atoms with Gasteiger partial charge in [0.2, 0.25) is 0 Å². The Morgan fingerprint density at radius 2 is 1.83 bits per heavy atom. The van der Waals surface area contributed by atoms with E-state index in [1.165, 1.54) is 0 Å². The lowest BCUT2D eigenvalue weighted by Gasteiger charge is -2.37. The zero-order valence-electron chi connectivity index (χ0n) is 23.7. The molecule has 4 aromatic rings. The van der Waals surface area contributed by atoms with Gasteiger partial charge in [-0.3, -0.25) is 19.5 Å². The first-order chi connectivity index (χ1) is 20.0. The molecular weight excluding hydrogens is 516 g/mol. The van der Waals surface area contributed by atoms with E-state index in [-0.39, 0.29) is 24.2 Å². The molecule has 2 saturated heterocycles. The molecule has 6 rings (SSSR count). The molecule has 2 aliphatic rings. The number of aromatic nitrogens is 3. The van der Waals surface area contributed by atoms with Crippen LogP contribution in [0.4, 0.5) is 5.69 Å². The van der Waals surface area contributed by atoms with Crippen LogP contribution in [0, 0.1) is 12.8 Å². The fourth-order valence-electron chi connectivity index (χ4n) is 5.72. The summed E-state index contributed by atoms with van der Waals surface area (Å²) in [6.45, 7) is 8.81. The van der Waals surface area contributed by atoms with Crippen molar-refractivity contribution in [3.63, 3.8) is 0 Å². The first-order valence-electron chi connectivity index (χ1n) is 14.3. The summed E-state index contributed by atoms with van der Waals surface area (Å²) < 4.78 is 8.19. The Kier molecular flexibility index (Phi) is 7.69. The Morgan fingerprint density at radius 1 is 1.00 bits per heavy atom. The summed E-state index contributed by atoms with van der Waals surface area (Å²) in [6.07, 6.45) is 4.82. The average Bonchev–Trinajstić information content (AvgIpc) is 3.29. The molecule has 0 N–H and O–H groups in total. The molecule has 212 valence electrons. The highest BCUT2D eigenvalue weighted by Crippen LogP contribution is 2.39. The van der Waals surface area contributed by atoms with Crippen molar-refractivity contribution in [3.8, 4) is 11.4 Å². The number of rotatable bonds is 8. The zero-order chi connectivity index (χ0) is 28.3. The van der Waals surface area contributed by atoms with Gasteiger partial charge in [-0.15, -0.1) is 0 Å². The number of para-hydroxylation sites is 1. The first kappa shape index (κ1) is 27.0. The van der Waals surface area contributed by atoms with Crippen molar-refractivity contribution < 1.29 is 14.3 Å². The van der Waals surface area contributed by atoms with Gasteiger partial charge in [0.25, 0.3) is 5.91 Å². The highest BCUT2D eigenvalue weighted by atomic mass is 16.5. The molecule has 0 atom stereocenters. The number of aryl methyl sites for hydroxylation is 1. The number of carbonyl (C=O) groups is 2. The third-order valence-electron chi connectivity index (χ3n) is 8.11. The van der Waals surface area contributed by atoms with Crippen molar-refractivity contribution in [2.45, 2.75) is 26.8 Å². The molecule has 9 heteroatoms. The van der Waals surface area contributed by atoms with Crippen molar-refractivity contribution in [2.75, 3.05) is 50.8 Å². The number of nitrogens with zero attached hydrogens (tertiary/aromatic N) is 6. The van der Waals surface area contributed by atoms with Gasteiger partial charge in [-0.25, -0.2) is 4.68 Å². The molecule has 2 fully saturated rings. The van der Waals surface area contributed by atoms with Crippen LogP contribution in [0.15, 0.2) is 67.0 Å². The molecule has 2 aromatic heterocycles. The van der Waals surface area contributed by atoms with Crippen LogP contribution in [0.25, 0.3) is 16.6 Å². The maximum absolute atomic E-state index is 12.8. The number of hydrogen-bond acceptors (Lipinski definition) is 7. The summed E-state index contributed by atoms with van der Waals surface area (Å²) in [5.41, 5.74) is 4.92. The lowest BCUT2D eigenvalue weighted by molar-refractivity contribution is -0.143. The number of hydrogen-bond donors (Lipinski definition) is 0. The van der Waals surface area contributed by atoms with E-state index < -0.39 is 0 Å². The minimum Gasteiger partial charge on any atom is -0.481 e. The SMILES string of the molecule is CC(=O)C1CN(C(=O)COc2c(C)cc3cccnc3c2N2CCCN(Cc3ccn(-c4ccccc4)n3)CC2)C1. The van der Waals surface area contributed by atoms with Gasteiger partial charge < -0.3 is 14.5 Å². The molecule has 0 saturated carbocycles. The quantitative estimate of drug-likeness (QED) is 0.328. The van der Waals surface area contributed by atoms with Gasteiger partial charge in [-0.2, -0.15) is 5.10 Å². The maximum Gasteiger partial charge on any atom is 0.260 e. The van der Waals surface area contributed by atoms with Gasteiger partial charge in [0, 0.05) is 63.6 Å². The Hall–Kier alpha value is -4.24. The number of amides is 1. The molecule has 4 heterocycles. The van der Waals surface area contributed by atoms with Crippen LogP contribution < -0.4 is 9.64 Å². The molecule has 0 bridgehead atoms. The van der Waals surface area contributed by atoms with Gasteiger partial charge >= 0.3 is 0 Å². The molecule has 0 radical (unpaired) electrons. The van der Waals surface area contributed by atoms with Crippen molar-refractivity contribution >= 4 is 28.3 Å². The summed E-state index contributed by atoms with van der Waals surface area (Å²) in [4.78, 5) is 35.7. The highest BCUT2D eigenvalue weighted by Gasteiger charge is 2.34. The molecule has 2 aliphatic heterocycles. The van der Waals surface area contributed by atoms with E-state index in [4.69, 9.17) is 14.8 Å². The van der Waals surface area contributed by atoms with E-state index in [0.717, 1.165) is 72.7 Å². The molecule has 41 heavy (non-hydrogen) atoms. The summed E-state index contributed by atoms with van der Waals surface area (Å²) in [6, 6.07) is 18.4. The van der Waals surface area contributed by atoms with Gasteiger partial charge in [-0.05, 0) is 56.2 Å². The van der Waals surface area contributed by atoms with E-state index in [1.54, 1.807) is 11.8 Å². The number of fused-ring (bicyclic) bond motifs is 1. The number of carbonyl (C=O) groups excluding carboxylic acids is 2. The summed E-state index contributed by atoms with van der Waals surface area (Å²) >= 11 is 0. The number of ether oxygens (including phenoxy) is 1. The van der Waals surface area contributed by atoms with E-state index in [1.807, 2.05) is 48.3 Å². The van der Waals surface area contributed by atoms with Gasteiger partial charge in [0.05, 0.1) is 22.8 Å². The van der Waals surface area contributed by atoms with Crippen LogP contribution in [0.1, 0.15) is 24.6 Å². The molecule has 0 spiro atoms. The lowest BCUT2D eigenvalue weighted by Crippen LogP contribution is -2.53. The number of ketones is 1. The summed E-state index contributed by atoms with van der Waals surface area (Å²) in [7, 11) is 0. The molecule has 0 unspecified atom stereocenters. The Bertz CT molecular complexity index is 1550. The third kappa shape index (κ3) is 5.81. The van der Waals surface area contributed by atoms with E-state index in [2.05, 4.69) is 40.1 Å². The second kappa shape index (κ2) is 11.7. The van der Waals surface area contributed by atoms with Gasteiger partial charge in [-0.1, -0.05) is 24.3 Å². The third-order valence-corrected chi connectivity index (χ3v) is 8.11. The monoisotopic (exact) mass is 552 g/mol. The first-order valence-corrected chi connectivity index (χ1v) is 14.3. The number of benzene rings is 2. The van der Waals surface area contributed by atoms with Gasteiger partial charge in [0.15, 0.2) is 6.61 Å². The number of Topliss-reactive ketones (excluding diaryl/α,β-unsaturated/α-hetero) is 1. The fraction of sp³-hybridized carbons (Fsp3) is 0.375. The van der Waals surface area contributed by atoms with Crippen LogP contribution in [0.2, 0.25) is 0 Å². The van der Waals surface area contributed by atoms with Crippen LogP contribution >= 0.6 is 0 Å². The standard InChI is InChI=1S/C32H36N6O3/c1-23-18-25-8-6-12-33-30(25)31(32(23)41-22-29(40)37-19-26(20-37)24(2)39)36-14-7-13-35(16-17-36)21-27-11-15-38(34-27)28-9-4-3-5-10-28/h3-6,8-12,15,18,26H,7,13-14,16-17,19-22H2,1-2H3. The fourth-order valence-corrected chi connectivity index (χ4v) is 5.72. The van der Waals surface area contributed by atoms with Crippen molar-refractivity contribution in [3.05, 3.63) is 78.2 Å². The molecule has 0 aliphatic carbocycles. The van der Waals surface area contributed by atoms with Crippen LogP contribution in [0.5, 0.6) is 5.75 Å². The van der Waals surface area contributed by atoms with Crippen molar-refractivity contribution in [1.29, 1.82) is 0 Å². The zero-order valence-corrected chi connectivity index (χ0v) is 23.7. The summed E-state index contributed by atoms with van der Waals surface area (Å²) in [5, 5.41) is 5.86. The van der Waals surface area contributed by atoms with E-state index in [9.17, 15) is 9.59 Å². The molecule has 1 amide bonds.